The first-order valence-electron chi connectivity index (χ1n) is 7.77. The van der Waals surface area contributed by atoms with Gasteiger partial charge in [0, 0.05) is 18.2 Å². The Morgan fingerprint density at radius 2 is 2.10 bits per heavy atom. The van der Waals surface area contributed by atoms with Gasteiger partial charge in [0.25, 0.3) is 0 Å². The first kappa shape index (κ1) is 14.4. The summed E-state index contributed by atoms with van der Waals surface area (Å²) >= 11 is 0. The molecule has 0 spiro atoms. The summed E-state index contributed by atoms with van der Waals surface area (Å²) in [6.45, 7) is 4.67. The molecule has 4 nitrogen and oxygen atoms in total. The van der Waals surface area contributed by atoms with Gasteiger partial charge in [-0.2, -0.15) is 0 Å². The molecule has 1 unspecified atom stereocenters. The molecule has 0 radical (unpaired) electrons. The number of hydrogen-bond donors (Lipinski definition) is 1. The van der Waals surface area contributed by atoms with Crippen molar-refractivity contribution in [3.63, 3.8) is 0 Å². The van der Waals surface area contributed by atoms with Crippen molar-refractivity contribution in [2.45, 2.75) is 25.4 Å². The molecule has 1 aromatic carbocycles. The van der Waals surface area contributed by atoms with Crippen LogP contribution in [0.25, 0.3) is 6.08 Å². The second-order valence-electron chi connectivity index (χ2n) is 5.75. The SMILES string of the molecule is Oc1cc(OCC2CO2)ccc1/C=C/CN1CCCCC1. The number of phenolic OH excluding ortho intramolecular Hbond substituents is 1. The standard InChI is InChI=1S/C17H23NO3/c19-17-11-15(20-12-16-13-21-16)7-6-14(17)5-4-10-18-8-2-1-3-9-18/h4-7,11,16,19H,1-3,8-10,12-13H2/b5-4+. The molecule has 1 aromatic rings. The van der Waals surface area contributed by atoms with E-state index in [0.717, 1.165) is 18.7 Å². The number of likely N-dealkylation sites (tertiary alicyclic amines) is 1. The quantitative estimate of drug-likeness (QED) is 0.818. The average Bonchev–Trinajstić information content (AvgIpc) is 3.32. The largest absolute Gasteiger partial charge is 0.507 e. The minimum absolute atomic E-state index is 0.233. The number of rotatable bonds is 6. The molecule has 1 N–H and O–H groups in total. The maximum Gasteiger partial charge on any atom is 0.126 e. The number of aromatic hydroxyl groups is 1. The number of hydrogen-bond acceptors (Lipinski definition) is 4. The molecular formula is C17H23NO3. The van der Waals surface area contributed by atoms with Crippen LogP contribution in [0.1, 0.15) is 24.8 Å². The minimum Gasteiger partial charge on any atom is -0.507 e. The molecule has 0 aromatic heterocycles. The van der Waals surface area contributed by atoms with E-state index in [4.69, 9.17) is 9.47 Å². The smallest absolute Gasteiger partial charge is 0.126 e. The number of phenols is 1. The van der Waals surface area contributed by atoms with Gasteiger partial charge in [0.2, 0.25) is 0 Å². The molecule has 2 aliphatic rings. The Balaban J connectivity index is 1.51. The second-order valence-corrected chi connectivity index (χ2v) is 5.75. The van der Waals surface area contributed by atoms with Crippen LogP contribution in [0.5, 0.6) is 11.5 Å². The van der Waals surface area contributed by atoms with Gasteiger partial charge in [-0.05, 0) is 38.1 Å². The zero-order chi connectivity index (χ0) is 14.5. The lowest BCUT2D eigenvalue weighted by Crippen LogP contribution is -2.29. The van der Waals surface area contributed by atoms with Crippen LogP contribution in [0.3, 0.4) is 0 Å². The van der Waals surface area contributed by atoms with Gasteiger partial charge in [0.1, 0.15) is 24.2 Å². The summed E-state index contributed by atoms with van der Waals surface area (Å²) in [7, 11) is 0. The zero-order valence-electron chi connectivity index (χ0n) is 12.3. The fraction of sp³-hybridized carbons (Fsp3) is 0.529. The highest BCUT2D eigenvalue weighted by molar-refractivity contribution is 5.58. The topological polar surface area (TPSA) is 45.2 Å². The second kappa shape index (κ2) is 6.96. The van der Waals surface area contributed by atoms with Gasteiger partial charge in [-0.15, -0.1) is 0 Å². The predicted molar refractivity (Wildman–Crippen MR) is 82.7 cm³/mol. The molecule has 21 heavy (non-hydrogen) atoms. The van der Waals surface area contributed by atoms with Crippen LogP contribution in [0.15, 0.2) is 24.3 Å². The fourth-order valence-electron chi connectivity index (χ4n) is 2.58. The van der Waals surface area contributed by atoms with Crippen LogP contribution in [0, 0.1) is 0 Å². The van der Waals surface area contributed by atoms with Crippen LogP contribution < -0.4 is 4.74 Å². The van der Waals surface area contributed by atoms with E-state index >= 15 is 0 Å². The molecule has 2 saturated heterocycles. The van der Waals surface area contributed by atoms with Gasteiger partial charge in [-0.1, -0.05) is 18.6 Å². The van der Waals surface area contributed by atoms with Gasteiger partial charge >= 0.3 is 0 Å². The third-order valence-electron chi connectivity index (χ3n) is 3.95. The van der Waals surface area contributed by atoms with E-state index in [9.17, 15) is 5.11 Å². The number of piperidine rings is 1. The van der Waals surface area contributed by atoms with Gasteiger partial charge in [-0.3, -0.25) is 4.90 Å². The van der Waals surface area contributed by atoms with Crippen LogP contribution in [-0.4, -0.2) is 49.0 Å². The number of ether oxygens (including phenoxy) is 2. The highest BCUT2D eigenvalue weighted by atomic mass is 16.6. The summed E-state index contributed by atoms with van der Waals surface area (Å²) in [6, 6.07) is 5.46. The van der Waals surface area contributed by atoms with E-state index in [1.807, 2.05) is 18.2 Å². The molecule has 0 amide bonds. The van der Waals surface area contributed by atoms with Crippen molar-refractivity contribution in [3.05, 3.63) is 29.8 Å². The third-order valence-corrected chi connectivity index (χ3v) is 3.95. The van der Waals surface area contributed by atoms with Crippen LogP contribution in [0.2, 0.25) is 0 Å². The molecule has 2 heterocycles. The predicted octanol–water partition coefficient (Wildman–Crippen LogP) is 2.67. The first-order valence-corrected chi connectivity index (χ1v) is 7.77. The summed E-state index contributed by atoms with van der Waals surface area (Å²) in [4.78, 5) is 2.45. The third kappa shape index (κ3) is 4.48. The highest BCUT2D eigenvalue weighted by Gasteiger charge is 2.23. The van der Waals surface area contributed by atoms with Gasteiger partial charge in [-0.25, -0.2) is 0 Å². The van der Waals surface area contributed by atoms with Crippen LogP contribution in [-0.2, 0) is 4.74 Å². The summed E-state index contributed by atoms with van der Waals surface area (Å²) in [5.74, 6) is 0.954. The van der Waals surface area contributed by atoms with Crippen molar-refractivity contribution in [3.8, 4) is 11.5 Å². The molecule has 114 valence electrons. The van der Waals surface area contributed by atoms with E-state index in [1.54, 1.807) is 6.07 Å². The number of nitrogens with zero attached hydrogens (tertiary/aromatic N) is 1. The first-order chi connectivity index (χ1) is 10.3. The van der Waals surface area contributed by atoms with Gasteiger partial charge in [0.05, 0.1) is 6.61 Å². The van der Waals surface area contributed by atoms with Crippen molar-refractivity contribution in [1.29, 1.82) is 0 Å². The van der Waals surface area contributed by atoms with Gasteiger partial charge < -0.3 is 14.6 Å². The zero-order valence-corrected chi connectivity index (χ0v) is 12.3. The van der Waals surface area contributed by atoms with Gasteiger partial charge in [0.15, 0.2) is 0 Å². The summed E-state index contributed by atoms with van der Waals surface area (Å²) in [5, 5.41) is 10.0. The molecule has 1 atom stereocenters. The van der Waals surface area contributed by atoms with E-state index in [0.29, 0.717) is 12.4 Å². The number of epoxide rings is 1. The van der Waals surface area contributed by atoms with Crippen molar-refractivity contribution in [2.24, 2.45) is 0 Å². The van der Waals surface area contributed by atoms with Crippen LogP contribution in [0.4, 0.5) is 0 Å². The lowest BCUT2D eigenvalue weighted by atomic mass is 10.1. The fourth-order valence-corrected chi connectivity index (χ4v) is 2.58. The molecule has 0 saturated carbocycles. The average molecular weight is 289 g/mol. The summed E-state index contributed by atoms with van der Waals surface area (Å²) in [6.07, 6.45) is 8.30. The van der Waals surface area contributed by atoms with Crippen LogP contribution >= 0.6 is 0 Å². The molecule has 0 aliphatic carbocycles. The monoisotopic (exact) mass is 289 g/mol. The molecule has 2 aliphatic heterocycles. The van der Waals surface area contributed by atoms with E-state index in [-0.39, 0.29) is 11.9 Å². The summed E-state index contributed by atoms with van der Waals surface area (Å²) < 4.78 is 10.6. The van der Waals surface area contributed by atoms with E-state index < -0.39 is 0 Å². The maximum absolute atomic E-state index is 10.0. The molecule has 3 rings (SSSR count). The Morgan fingerprint density at radius 1 is 1.29 bits per heavy atom. The Morgan fingerprint density at radius 3 is 2.81 bits per heavy atom. The molecular weight excluding hydrogens is 266 g/mol. The van der Waals surface area contributed by atoms with Crippen molar-refractivity contribution < 1.29 is 14.6 Å². The normalized spacial score (nSPS) is 22.6. The van der Waals surface area contributed by atoms with Crippen molar-refractivity contribution >= 4 is 6.08 Å². The lowest BCUT2D eigenvalue weighted by molar-refractivity contribution is 0.252. The Kier molecular flexibility index (Phi) is 4.78. The Labute approximate surface area is 126 Å². The van der Waals surface area contributed by atoms with E-state index in [1.165, 1.54) is 32.4 Å². The number of benzene rings is 1. The minimum atomic E-state index is 0.233. The molecule has 0 bridgehead atoms. The van der Waals surface area contributed by atoms with E-state index in [2.05, 4.69) is 11.0 Å². The van der Waals surface area contributed by atoms with Crippen molar-refractivity contribution in [2.75, 3.05) is 32.8 Å². The Hall–Kier alpha value is -1.52. The maximum atomic E-state index is 10.0. The Bertz CT molecular complexity index is 491. The lowest BCUT2D eigenvalue weighted by Gasteiger charge is -2.24. The summed E-state index contributed by atoms with van der Waals surface area (Å²) in [5.41, 5.74) is 0.835. The molecule has 2 fully saturated rings. The van der Waals surface area contributed by atoms with Crippen molar-refractivity contribution in [1.82, 2.24) is 4.90 Å². The highest BCUT2D eigenvalue weighted by Crippen LogP contribution is 2.25. The molecule has 4 heteroatoms.